The molecular weight excluding hydrogens is 302 g/mol. The van der Waals surface area contributed by atoms with Gasteiger partial charge in [-0.05, 0) is 50.7 Å². The molecular formula is C15H24BrN3. The van der Waals surface area contributed by atoms with Crippen molar-refractivity contribution in [3.63, 3.8) is 0 Å². The van der Waals surface area contributed by atoms with Crippen LogP contribution in [0.15, 0.2) is 22.7 Å². The maximum absolute atomic E-state index is 3.58. The van der Waals surface area contributed by atoms with Gasteiger partial charge in [0.1, 0.15) is 0 Å². The molecule has 0 aromatic heterocycles. The average molecular weight is 326 g/mol. The maximum atomic E-state index is 3.58. The second-order valence-electron chi connectivity index (χ2n) is 5.27. The Labute approximate surface area is 125 Å². The van der Waals surface area contributed by atoms with Crippen LogP contribution in [0, 0.1) is 0 Å². The third kappa shape index (κ3) is 4.20. The van der Waals surface area contributed by atoms with Crippen molar-refractivity contribution >= 4 is 21.6 Å². The predicted molar refractivity (Wildman–Crippen MR) is 85.8 cm³/mol. The summed E-state index contributed by atoms with van der Waals surface area (Å²) in [5.41, 5.74) is 2.68. The van der Waals surface area contributed by atoms with E-state index in [1.165, 1.54) is 43.7 Å². The highest BCUT2D eigenvalue weighted by molar-refractivity contribution is 9.10. The van der Waals surface area contributed by atoms with Crippen molar-refractivity contribution in [1.82, 2.24) is 10.2 Å². The zero-order chi connectivity index (χ0) is 13.7. The molecule has 1 heterocycles. The summed E-state index contributed by atoms with van der Waals surface area (Å²) in [7, 11) is 4.19. The number of likely N-dealkylation sites (N-methyl/N-ethyl adjacent to an activating group) is 1. The number of nitrogens with zero attached hydrogens (tertiary/aromatic N) is 2. The van der Waals surface area contributed by atoms with Crippen molar-refractivity contribution in [2.24, 2.45) is 0 Å². The van der Waals surface area contributed by atoms with Crippen LogP contribution in [-0.2, 0) is 6.54 Å². The molecule has 1 aromatic carbocycles. The number of hydrogen-bond donors (Lipinski definition) is 1. The number of halogens is 1. The van der Waals surface area contributed by atoms with Crippen molar-refractivity contribution in [2.75, 3.05) is 45.2 Å². The molecule has 1 aliphatic heterocycles. The Hall–Kier alpha value is -0.580. The first kappa shape index (κ1) is 14.8. The van der Waals surface area contributed by atoms with Crippen LogP contribution >= 0.6 is 15.9 Å². The van der Waals surface area contributed by atoms with Crippen LogP contribution in [0.1, 0.15) is 18.4 Å². The van der Waals surface area contributed by atoms with E-state index in [1.807, 2.05) is 7.05 Å². The van der Waals surface area contributed by atoms with Gasteiger partial charge in [-0.1, -0.05) is 22.0 Å². The van der Waals surface area contributed by atoms with Gasteiger partial charge in [0.25, 0.3) is 0 Å². The van der Waals surface area contributed by atoms with Gasteiger partial charge >= 0.3 is 0 Å². The Balaban J connectivity index is 1.99. The highest BCUT2D eigenvalue weighted by Crippen LogP contribution is 2.24. The second-order valence-corrected chi connectivity index (χ2v) is 6.19. The molecule has 1 aliphatic rings. The molecule has 0 aliphatic carbocycles. The summed E-state index contributed by atoms with van der Waals surface area (Å²) in [5.74, 6) is 0. The summed E-state index contributed by atoms with van der Waals surface area (Å²) in [5, 5.41) is 3.24. The van der Waals surface area contributed by atoms with E-state index >= 15 is 0 Å². The topological polar surface area (TPSA) is 18.5 Å². The molecule has 0 atom stereocenters. The number of benzene rings is 1. The molecule has 0 radical (unpaired) electrons. The summed E-state index contributed by atoms with van der Waals surface area (Å²) in [6.45, 7) is 5.72. The summed E-state index contributed by atoms with van der Waals surface area (Å²) >= 11 is 3.58. The van der Waals surface area contributed by atoms with Crippen molar-refractivity contribution < 1.29 is 0 Å². The monoisotopic (exact) mass is 325 g/mol. The molecule has 1 N–H and O–H groups in total. The van der Waals surface area contributed by atoms with Gasteiger partial charge in [0, 0.05) is 36.8 Å². The van der Waals surface area contributed by atoms with Crippen molar-refractivity contribution in [1.29, 1.82) is 0 Å². The molecule has 0 saturated carbocycles. The van der Waals surface area contributed by atoms with Crippen molar-refractivity contribution in [3.05, 3.63) is 28.2 Å². The lowest BCUT2D eigenvalue weighted by atomic mass is 10.1. The predicted octanol–water partition coefficient (Wildman–Crippen LogP) is 2.70. The Morgan fingerprint density at radius 1 is 1.32 bits per heavy atom. The van der Waals surface area contributed by atoms with Gasteiger partial charge in [0.15, 0.2) is 0 Å². The Morgan fingerprint density at radius 3 is 2.74 bits per heavy atom. The van der Waals surface area contributed by atoms with Crippen LogP contribution in [0.5, 0.6) is 0 Å². The lowest BCUT2D eigenvalue weighted by molar-refractivity contribution is 0.346. The first-order chi connectivity index (χ1) is 9.20. The third-order valence-corrected chi connectivity index (χ3v) is 4.27. The summed E-state index contributed by atoms with van der Waals surface area (Å²) in [6.07, 6.45) is 2.73. The van der Waals surface area contributed by atoms with Gasteiger partial charge in [-0.25, -0.2) is 0 Å². The number of anilines is 1. The molecule has 1 fully saturated rings. The molecule has 0 bridgehead atoms. The van der Waals surface area contributed by atoms with Crippen LogP contribution in [0.25, 0.3) is 0 Å². The van der Waals surface area contributed by atoms with Crippen LogP contribution in [0.4, 0.5) is 5.69 Å². The Bertz CT molecular complexity index is 402. The maximum Gasteiger partial charge on any atom is 0.0421 e. The fraction of sp³-hybridized carbons (Fsp3) is 0.600. The standard InChI is InChI=1S/C15H24BrN3/c1-17-12-13-5-6-14(16)11-15(13)18(2)9-10-19-7-3-4-8-19/h5-6,11,17H,3-4,7-10,12H2,1-2H3. The van der Waals surface area contributed by atoms with E-state index in [1.54, 1.807) is 0 Å². The van der Waals surface area contributed by atoms with E-state index in [4.69, 9.17) is 0 Å². The molecule has 0 amide bonds. The largest absolute Gasteiger partial charge is 0.373 e. The zero-order valence-corrected chi connectivity index (χ0v) is 13.5. The SMILES string of the molecule is CNCc1ccc(Br)cc1N(C)CCN1CCCC1. The molecule has 1 aromatic rings. The van der Waals surface area contributed by atoms with Gasteiger partial charge in [0.2, 0.25) is 0 Å². The number of likely N-dealkylation sites (tertiary alicyclic amines) is 1. The normalized spacial score (nSPS) is 15.9. The fourth-order valence-electron chi connectivity index (χ4n) is 2.65. The van der Waals surface area contributed by atoms with Gasteiger partial charge in [-0.2, -0.15) is 0 Å². The average Bonchev–Trinajstić information content (AvgIpc) is 2.91. The Kier molecular flexibility index (Phi) is 5.67. The minimum Gasteiger partial charge on any atom is -0.373 e. The highest BCUT2D eigenvalue weighted by atomic mass is 79.9. The van der Waals surface area contributed by atoms with Crippen molar-refractivity contribution in [3.8, 4) is 0 Å². The van der Waals surface area contributed by atoms with E-state index in [0.29, 0.717) is 0 Å². The number of rotatable bonds is 6. The fourth-order valence-corrected chi connectivity index (χ4v) is 3.00. The van der Waals surface area contributed by atoms with E-state index < -0.39 is 0 Å². The molecule has 4 heteroatoms. The quantitative estimate of drug-likeness (QED) is 0.867. The molecule has 0 spiro atoms. The smallest absolute Gasteiger partial charge is 0.0421 e. The molecule has 19 heavy (non-hydrogen) atoms. The minimum atomic E-state index is 0.913. The Morgan fingerprint density at radius 2 is 2.05 bits per heavy atom. The minimum absolute atomic E-state index is 0.913. The van der Waals surface area contributed by atoms with Crippen LogP contribution < -0.4 is 10.2 Å². The summed E-state index contributed by atoms with van der Waals surface area (Å²) in [4.78, 5) is 4.93. The van der Waals surface area contributed by atoms with E-state index in [0.717, 1.165) is 17.6 Å². The zero-order valence-electron chi connectivity index (χ0n) is 12.0. The first-order valence-corrected chi connectivity index (χ1v) is 7.86. The first-order valence-electron chi connectivity index (χ1n) is 7.07. The van der Waals surface area contributed by atoms with Gasteiger partial charge in [-0.15, -0.1) is 0 Å². The van der Waals surface area contributed by atoms with E-state index in [-0.39, 0.29) is 0 Å². The van der Waals surface area contributed by atoms with Crippen molar-refractivity contribution in [2.45, 2.75) is 19.4 Å². The van der Waals surface area contributed by atoms with Gasteiger partial charge in [0.05, 0.1) is 0 Å². The molecule has 2 rings (SSSR count). The van der Waals surface area contributed by atoms with Crippen LogP contribution in [0.3, 0.4) is 0 Å². The second kappa shape index (κ2) is 7.27. The van der Waals surface area contributed by atoms with Crippen LogP contribution in [0.2, 0.25) is 0 Å². The van der Waals surface area contributed by atoms with E-state index in [2.05, 4.69) is 56.3 Å². The molecule has 1 saturated heterocycles. The highest BCUT2D eigenvalue weighted by Gasteiger charge is 2.13. The molecule has 3 nitrogen and oxygen atoms in total. The summed E-state index contributed by atoms with van der Waals surface area (Å²) in [6, 6.07) is 6.53. The molecule has 0 unspecified atom stereocenters. The summed E-state index contributed by atoms with van der Waals surface area (Å²) < 4.78 is 1.15. The lowest BCUT2D eigenvalue weighted by Gasteiger charge is -2.25. The van der Waals surface area contributed by atoms with Gasteiger partial charge < -0.3 is 15.1 Å². The van der Waals surface area contributed by atoms with Gasteiger partial charge in [-0.3, -0.25) is 0 Å². The van der Waals surface area contributed by atoms with Crippen LogP contribution in [-0.4, -0.2) is 45.2 Å². The number of hydrogen-bond acceptors (Lipinski definition) is 3. The third-order valence-electron chi connectivity index (χ3n) is 3.78. The molecule has 106 valence electrons. The number of nitrogens with one attached hydrogen (secondary N) is 1. The van der Waals surface area contributed by atoms with E-state index in [9.17, 15) is 0 Å². The lowest BCUT2D eigenvalue weighted by Crippen LogP contribution is -2.32.